The molecule has 2 aromatic heterocycles. The molecule has 8 heteroatoms. The molecule has 4 heterocycles. The normalized spacial score (nSPS) is 16.0. The van der Waals surface area contributed by atoms with Gasteiger partial charge >= 0.3 is 0 Å². The van der Waals surface area contributed by atoms with E-state index in [1.165, 1.54) is 0 Å². The number of hydrogen-bond acceptors (Lipinski definition) is 7. The molecule has 1 fully saturated rings. The molecule has 0 atom stereocenters. The summed E-state index contributed by atoms with van der Waals surface area (Å²) in [5, 5.41) is 4.13. The maximum absolute atomic E-state index is 13.9. The third kappa shape index (κ3) is 3.39. The van der Waals surface area contributed by atoms with Gasteiger partial charge in [0, 0.05) is 24.7 Å². The van der Waals surface area contributed by atoms with Gasteiger partial charge in [0.2, 0.25) is 0 Å². The van der Waals surface area contributed by atoms with Crippen molar-refractivity contribution in [1.82, 2.24) is 14.5 Å². The van der Waals surface area contributed by atoms with E-state index in [1.54, 1.807) is 10.8 Å². The van der Waals surface area contributed by atoms with Crippen LogP contribution >= 0.6 is 0 Å². The molecule has 1 N–H and O–H groups in total. The summed E-state index contributed by atoms with van der Waals surface area (Å²) in [5.41, 5.74) is 4.48. The molecular weight excluding hydrogens is 418 g/mol. The molecule has 0 aliphatic carbocycles. The van der Waals surface area contributed by atoms with E-state index in [0.29, 0.717) is 54.5 Å². The second kappa shape index (κ2) is 7.90. The van der Waals surface area contributed by atoms with Crippen LogP contribution in [0.2, 0.25) is 0 Å². The highest BCUT2D eigenvalue weighted by molar-refractivity contribution is 5.85. The topological polar surface area (TPSA) is 81.5 Å². The first-order chi connectivity index (χ1) is 16.6. The summed E-state index contributed by atoms with van der Waals surface area (Å²) in [4.78, 5) is 24.3. The molecule has 33 heavy (non-hydrogen) atoms. The van der Waals surface area contributed by atoms with Crippen molar-refractivity contribution in [3.05, 3.63) is 76.9 Å². The van der Waals surface area contributed by atoms with Gasteiger partial charge in [-0.3, -0.25) is 9.36 Å². The minimum Gasteiger partial charge on any atom is -0.486 e. The molecule has 2 aliphatic heterocycles. The van der Waals surface area contributed by atoms with Crippen molar-refractivity contribution in [2.24, 2.45) is 0 Å². The first-order valence-corrected chi connectivity index (χ1v) is 10.9. The molecule has 6 rings (SSSR count). The molecule has 4 aromatic rings. The molecule has 2 aliphatic rings. The molecule has 0 unspecified atom stereocenters. The monoisotopic (exact) mass is 442 g/mol. The van der Waals surface area contributed by atoms with E-state index in [0.717, 1.165) is 16.9 Å². The van der Waals surface area contributed by atoms with E-state index in [2.05, 4.69) is 28.3 Å². The average Bonchev–Trinajstić information content (AvgIpc) is 2.82. The minimum atomic E-state index is -0.207. The summed E-state index contributed by atoms with van der Waals surface area (Å²) >= 11 is 0. The zero-order valence-electron chi connectivity index (χ0n) is 19.1. The van der Waals surface area contributed by atoms with Crippen molar-refractivity contribution in [3.63, 3.8) is 0 Å². The number of nitrogens with zero attached hydrogens (tertiary/aromatic N) is 4. The number of aromatic nitrogens is 3. The van der Waals surface area contributed by atoms with E-state index in [1.807, 2.05) is 47.4 Å². The number of ether oxygens (including phenoxy) is 2. The van der Waals surface area contributed by atoms with Crippen molar-refractivity contribution in [3.8, 4) is 11.4 Å². The molecule has 0 saturated carbocycles. The Morgan fingerprint density at radius 3 is 2.82 bits per heavy atom. The summed E-state index contributed by atoms with van der Waals surface area (Å²) in [6, 6.07) is 15.2. The number of benzene rings is 2. The van der Waals surface area contributed by atoms with Crippen LogP contribution in [0.15, 0.2) is 65.8 Å². The second-order valence-corrected chi connectivity index (χ2v) is 8.24. The smallest absolute Gasteiger partial charge is 0.280 e. The zero-order chi connectivity index (χ0) is 23.2. The third-order valence-corrected chi connectivity index (χ3v) is 6.08. The average molecular weight is 442 g/mol. The van der Waals surface area contributed by atoms with Crippen LogP contribution in [0.5, 0.6) is 5.75 Å². The molecule has 0 amide bonds. The van der Waals surface area contributed by atoms with Gasteiger partial charge < -0.3 is 19.7 Å². The molecule has 0 bridgehead atoms. The van der Waals surface area contributed by atoms with E-state index in [9.17, 15) is 4.79 Å². The van der Waals surface area contributed by atoms with Gasteiger partial charge in [-0.1, -0.05) is 12.1 Å². The Balaban J connectivity index is 1.51. The van der Waals surface area contributed by atoms with Crippen molar-refractivity contribution in [2.45, 2.75) is 13.0 Å². The standard InChI is InChI=1S/C25H23N5O3/c1-16-3-2-4-21-23(16)27-9-10-29(21)22-11-17-12-26-15-28-24(17)30(25(22)31)18-5-7-19(8-6-18)33-20-13-32-14-20/h2-8,11-12,15,20,27H,9-10,13-14H2,1H3/i15D. The maximum atomic E-state index is 13.9. The lowest BCUT2D eigenvalue weighted by molar-refractivity contribution is -0.0796. The predicted molar refractivity (Wildman–Crippen MR) is 127 cm³/mol. The predicted octanol–water partition coefficient (Wildman–Crippen LogP) is 3.43. The van der Waals surface area contributed by atoms with E-state index < -0.39 is 0 Å². The van der Waals surface area contributed by atoms with Crippen LogP contribution in [0.4, 0.5) is 17.1 Å². The quantitative estimate of drug-likeness (QED) is 0.519. The van der Waals surface area contributed by atoms with Crippen LogP contribution < -0.4 is 20.5 Å². The highest BCUT2D eigenvalue weighted by Gasteiger charge is 2.24. The fourth-order valence-electron chi connectivity index (χ4n) is 4.35. The molecule has 8 nitrogen and oxygen atoms in total. The molecule has 166 valence electrons. The number of anilines is 3. The molecule has 0 spiro atoms. The lowest BCUT2D eigenvalue weighted by atomic mass is 10.1. The SMILES string of the molecule is [2H]c1ncc2cc(N3CCNc4c(C)cccc43)c(=O)n(-c3ccc(OC4COC4)cc3)c2n1. The first kappa shape index (κ1) is 18.6. The fraction of sp³-hybridized carbons (Fsp3) is 0.240. The maximum Gasteiger partial charge on any atom is 0.280 e. The van der Waals surface area contributed by atoms with Crippen molar-refractivity contribution in [2.75, 3.05) is 36.5 Å². The van der Waals surface area contributed by atoms with Gasteiger partial charge in [0.15, 0.2) is 5.65 Å². The largest absolute Gasteiger partial charge is 0.486 e. The van der Waals surface area contributed by atoms with E-state index >= 15 is 0 Å². The van der Waals surface area contributed by atoms with Gasteiger partial charge in [-0.2, -0.15) is 0 Å². The Morgan fingerprint density at radius 1 is 1.18 bits per heavy atom. The highest BCUT2D eigenvalue weighted by Crippen LogP contribution is 2.36. The summed E-state index contributed by atoms with van der Waals surface area (Å²) in [6.07, 6.45) is 1.52. The molecular formula is C25H23N5O3. The van der Waals surface area contributed by atoms with Gasteiger partial charge in [0.05, 0.1) is 30.3 Å². The number of para-hydroxylation sites is 1. The van der Waals surface area contributed by atoms with Gasteiger partial charge in [0.1, 0.15) is 25.2 Å². The van der Waals surface area contributed by atoms with Crippen LogP contribution in [0.1, 0.15) is 6.93 Å². The molecule has 0 radical (unpaired) electrons. The minimum absolute atomic E-state index is 0.0626. The summed E-state index contributed by atoms with van der Waals surface area (Å²) < 4.78 is 20.5. The summed E-state index contributed by atoms with van der Waals surface area (Å²) in [7, 11) is 0. The molecule has 2 aromatic carbocycles. The van der Waals surface area contributed by atoms with Gasteiger partial charge in [-0.05, 0) is 48.9 Å². The van der Waals surface area contributed by atoms with Crippen LogP contribution in [-0.2, 0) is 4.74 Å². The van der Waals surface area contributed by atoms with Crippen LogP contribution in [0, 0.1) is 6.92 Å². The Morgan fingerprint density at radius 2 is 2.03 bits per heavy atom. The number of fused-ring (bicyclic) bond motifs is 2. The number of nitrogens with one attached hydrogen (secondary N) is 1. The van der Waals surface area contributed by atoms with Crippen molar-refractivity contribution < 1.29 is 10.8 Å². The van der Waals surface area contributed by atoms with Gasteiger partial charge in [-0.25, -0.2) is 9.97 Å². The lowest BCUT2D eigenvalue weighted by Gasteiger charge is -2.33. The highest BCUT2D eigenvalue weighted by atomic mass is 16.6. The molecule has 1 saturated heterocycles. The fourth-order valence-corrected chi connectivity index (χ4v) is 4.35. The Bertz CT molecular complexity index is 1450. The van der Waals surface area contributed by atoms with E-state index in [4.69, 9.17) is 10.8 Å². The number of rotatable bonds is 4. The van der Waals surface area contributed by atoms with Crippen molar-refractivity contribution in [1.29, 1.82) is 0 Å². The number of hydrogen-bond donors (Lipinski definition) is 1. The van der Waals surface area contributed by atoms with Crippen LogP contribution in [0.25, 0.3) is 16.7 Å². The Hall–Kier alpha value is -3.91. The Kier molecular flexibility index (Phi) is 4.46. The van der Waals surface area contributed by atoms with Gasteiger partial charge in [-0.15, -0.1) is 0 Å². The first-order valence-electron chi connectivity index (χ1n) is 11.4. The number of aryl methyl sites for hydroxylation is 1. The van der Waals surface area contributed by atoms with Crippen LogP contribution in [-0.4, -0.2) is 46.9 Å². The Labute approximate surface area is 191 Å². The number of pyridine rings is 1. The van der Waals surface area contributed by atoms with Crippen molar-refractivity contribution >= 4 is 28.1 Å². The summed E-state index contributed by atoms with van der Waals surface area (Å²) in [6.45, 7) is 4.58. The van der Waals surface area contributed by atoms with Gasteiger partial charge in [0.25, 0.3) is 5.56 Å². The summed E-state index contributed by atoms with van der Waals surface area (Å²) in [5.74, 6) is 0.716. The zero-order valence-corrected chi connectivity index (χ0v) is 18.1. The third-order valence-electron chi connectivity index (χ3n) is 6.08. The second-order valence-electron chi connectivity index (χ2n) is 8.24. The van der Waals surface area contributed by atoms with Crippen LogP contribution in [0.3, 0.4) is 0 Å². The lowest BCUT2D eigenvalue weighted by Crippen LogP contribution is -2.38. The van der Waals surface area contributed by atoms with E-state index in [-0.39, 0.29) is 18.0 Å².